The van der Waals surface area contributed by atoms with Gasteiger partial charge in [0, 0.05) is 29.4 Å². The number of nitrogens with one attached hydrogen (secondary N) is 2. The van der Waals surface area contributed by atoms with Crippen LogP contribution in [-0.2, 0) is 16.0 Å². The summed E-state index contributed by atoms with van der Waals surface area (Å²) in [6, 6.07) is 3.26. The summed E-state index contributed by atoms with van der Waals surface area (Å²) in [6.07, 6.45) is 3.27. The second kappa shape index (κ2) is 6.90. The number of aromatic amines is 1. The van der Waals surface area contributed by atoms with E-state index in [2.05, 4.69) is 15.3 Å². The summed E-state index contributed by atoms with van der Waals surface area (Å²) in [5.41, 5.74) is 0.655. The van der Waals surface area contributed by atoms with Gasteiger partial charge in [-0.1, -0.05) is 11.6 Å². The quantitative estimate of drug-likeness (QED) is 0.478. The highest BCUT2D eigenvalue weighted by atomic mass is 35.5. The van der Waals surface area contributed by atoms with Gasteiger partial charge in [-0.25, -0.2) is 9.78 Å². The predicted octanol–water partition coefficient (Wildman–Crippen LogP) is 2.17. The van der Waals surface area contributed by atoms with Crippen molar-refractivity contribution in [3.05, 3.63) is 51.6 Å². The number of aromatic nitrogens is 2. The average molecular weight is 325 g/mol. The summed E-state index contributed by atoms with van der Waals surface area (Å²) in [5, 5.41) is 14.2. The molecule has 1 heterocycles. The zero-order valence-corrected chi connectivity index (χ0v) is 12.3. The van der Waals surface area contributed by atoms with Crippen LogP contribution in [0.15, 0.2) is 30.7 Å². The normalized spacial score (nSPS) is 11.7. The fraction of sp³-hybridized carbons (Fsp3) is 0.231. The van der Waals surface area contributed by atoms with Gasteiger partial charge in [0.15, 0.2) is 0 Å². The van der Waals surface area contributed by atoms with Crippen LogP contribution in [0.5, 0.6) is 0 Å². The van der Waals surface area contributed by atoms with E-state index in [-0.39, 0.29) is 17.8 Å². The first kappa shape index (κ1) is 15.8. The molecular formula is C13H13ClN4O4. The number of halogens is 1. The van der Waals surface area contributed by atoms with Crippen LogP contribution in [0.4, 0.5) is 11.4 Å². The van der Waals surface area contributed by atoms with Crippen molar-refractivity contribution >= 4 is 28.9 Å². The number of methoxy groups -OCH3 is 1. The second-order valence-electron chi connectivity index (χ2n) is 4.42. The molecule has 9 heteroatoms. The van der Waals surface area contributed by atoms with Crippen molar-refractivity contribution in [3.8, 4) is 0 Å². The van der Waals surface area contributed by atoms with E-state index in [1.165, 1.54) is 31.6 Å². The van der Waals surface area contributed by atoms with Crippen molar-refractivity contribution in [1.82, 2.24) is 9.97 Å². The molecule has 0 radical (unpaired) electrons. The molecule has 1 unspecified atom stereocenters. The summed E-state index contributed by atoms with van der Waals surface area (Å²) in [4.78, 5) is 29.1. The van der Waals surface area contributed by atoms with E-state index in [0.29, 0.717) is 10.7 Å². The maximum Gasteiger partial charge on any atom is 0.328 e. The van der Waals surface area contributed by atoms with Gasteiger partial charge in [-0.3, -0.25) is 10.1 Å². The standard InChI is InChI=1S/C13H13ClN4O4/c1-22-13(19)11(5-9-6-15-7-16-9)17-10-4-8(14)2-3-12(10)18(20)21/h2-4,6-7,11,17H,5H2,1H3,(H,15,16). The molecule has 0 bridgehead atoms. The fourth-order valence-corrected chi connectivity index (χ4v) is 2.09. The van der Waals surface area contributed by atoms with Gasteiger partial charge in [0.2, 0.25) is 0 Å². The lowest BCUT2D eigenvalue weighted by atomic mass is 10.1. The average Bonchev–Trinajstić information content (AvgIpc) is 2.98. The molecule has 2 rings (SSSR count). The third-order valence-electron chi connectivity index (χ3n) is 2.95. The number of anilines is 1. The van der Waals surface area contributed by atoms with Crippen LogP contribution in [0.25, 0.3) is 0 Å². The van der Waals surface area contributed by atoms with E-state index in [0.717, 1.165) is 0 Å². The first-order valence-electron chi connectivity index (χ1n) is 6.27. The molecule has 0 aliphatic carbocycles. The molecule has 0 saturated carbocycles. The van der Waals surface area contributed by atoms with Crippen LogP contribution in [0.3, 0.4) is 0 Å². The Morgan fingerprint density at radius 1 is 1.59 bits per heavy atom. The molecule has 0 fully saturated rings. The summed E-state index contributed by atoms with van der Waals surface area (Å²) in [5.74, 6) is -0.552. The van der Waals surface area contributed by atoms with Crippen molar-refractivity contribution in [1.29, 1.82) is 0 Å². The summed E-state index contributed by atoms with van der Waals surface area (Å²) in [7, 11) is 1.25. The van der Waals surface area contributed by atoms with Crippen LogP contribution in [-0.4, -0.2) is 34.0 Å². The number of ether oxygens (including phenoxy) is 1. The molecule has 1 atom stereocenters. The number of esters is 1. The number of nitro benzene ring substituents is 1. The Labute approximate surface area is 130 Å². The topological polar surface area (TPSA) is 110 Å². The summed E-state index contributed by atoms with van der Waals surface area (Å²) in [6.45, 7) is 0. The Bertz CT molecular complexity index is 675. The largest absolute Gasteiger partial charge is 0.467 e. The molecule has 0 spiro atoms. The number of nitrogens with zero attached hydrogens (tertiary/aromatic N) is 2. The maximum atomic E-state index is 11.9. The Hall–Kier alpha value is -2.61. The van der Waals surface area contributed by atoms with E-state index >= 15 is 0 Å². The zero-order chi connectivity index (χ0) is 16.1. The minimum Gasteiger partial charge on any atom is -0.467 e. The summed E-state index contributed by atoms with van der Waals surface area (Å²) < 4.78 is 4.73. The first-order chi connectivity index (χ1) is 10.5. The van der Waals surface area contributed by atoms with Crippen molar-refractivity contribution in [3.63, 3.8) is 0 Å². The van der Waals surface area contributed by atoms with Gasteiger partial charge in [0.25, 0.3) is 5.69 Å². The Morgan fingerprint density at radius 3 is 2.95 bits per heavy atom. The zero-order valence-electron chi connectivity index (χ0n) is 11.6. The third-order valence-corrected chi connectivity index (χ3v) is 3.18. The van der Waals surface area contributed by atoms with E-state index in [9.17, 15) is 14.9 Å². The second-order valence-corrected chi connectivity index (χ2v) is 4.86. The number of hydrogen-bond donors (Lipinski definition) is 2. The van der Waals surface area contributed by atoms with Gasteiger partial charge in [-0.05, 0) is 12.1 Å². The van der Waals surface area contributed by atoms with Gasteiger partial charge in [0.05, 0.1) is 18.4 Å². The van der Waals surface area contributed by atoms with Crippen LogP contribution < -0.4 is 5.32 Å². The molecule has 0 aliphatic rings. The Balaban J connectivity index is 2.28. The predicted molar refractivity (Wildman–Crippen MR) is 79.8 cm³/mol. The van der Waals surface area contributed by atoms with E-state index in [4.69, 9.17) is 16.3 Å². The Morgan fingerprint density at radius 2 is 2.36 bits per heavy atom. The molecule has 1 aromatic heterocycles. The van der Waals surface area contributed by atoms with Crippen LogP contribution in [0.2, 0.25) is 5.02 Å². The molecular weight excluding hydrogens is 312 g/mol. The van der Waals surface area contributed by atoms with E-state index in [1.807, 2.05) is 0 Å². The number of H-pyrrole nitrogens is 1. The van der Waals surface area contributed by atoms with E-state index < -0.39 is 16.9 Å². The Kier molecular flexibility index (Phi) is 4.95. The SMILES string of the molecule is COC(=O)C(Cc1cnc[nH]1)Nc1cc(Cl)ccc1[N+](=O)[O-]. The number of carbonyl (C=O) groups excluding carboxylic acids is 1. The van der Waals surface area contributed by atoms with Gasteiger partial charge in [-0.2, -0.15) is 0 Å². The number of imidazole rings is 1. The number of nitro groups is 1. The van der Waals surface area contributed by atoms with Crippen LogP contribution >= 0.6 is 11.6 Å². The monoisotopic (exact) mass is 324 g/mol. The first-order valence-corrected chi connectivity index (χ1v) is 6.64. The molecule has 1 aromatic carbocycles. The van der Waals surface area contributed by atoms with Crippen molar-refractivity contribution < 1.29 is 14.5 Å². The molecule has 8 nitrogen and oxygen atoms in total. The molecule has 0 saturated heterocycles. The van der Waals surface area contributed by atoms with E-state index in [1.54, 1.807) is 6.20 Å². The van der Waals surface area contributed by atoms with Crippen LogP contribution in [0, 0.1) is 10.1 Å². The fourth-order valence-electron chi connectivity index (χ4n) is 1.92. The highest BCUT2D eigenvalue weighted by molar-refractivity contribution is 6.31. The summed E-state index contributed by atoms with van der Waals surface area (Å²) >= 11 is 5.87. The lowest BCUT2D eigenvalue weighted by molar-refractivity contribution is -0.384. The van der Waals surface area contributed by atoms with Crippen molar-refractivity contribution in [2.45, 2.75) is 12.5 Å². The molecule has 2 N–H and O–H groups in total. The highest BCUT2D eigenvalue weighted by Gasteiger charge is 2.24. The molecule has 0 amide bonds. The molecule has 2 aromatic rings. The molecule has 0 aliphatic heterocycles. The van der Waals surface area contributed by atoms with Gasteiger partial charge >= 0.3 is 5.97 Å². The van der Waals surface area contributed by atoms with Gasteiger partial charge in [-0.15, -0.1) is 0 Å². The number of hydrogen-bond acceptors (Lipinski definition) is 6. The maximum absolute atomic E-state index is 11.9. The third kappa shape index (κ3) is 3.73. The van der Waals surface area contributed by atoms with Crippen molar-refractivity contribution in [2.24, 2.45) is 0 Å². The van der Waals surface area contributed by atoms with Crippen molar-refractivity contribution in [2.75, 3.05) is 12.4 Å². The minimum absolute atomic E-state index is 0.146. The molecule has 22 heavy (non-hydrogen) atoms. The smallest absolute Gasteiger partial charge is 0.328 e. The number of carbonyl (C=O) groups is 1. The lowest BCUT2D eigenvalue weighted by Gasteiger charge is -2.17. The highest BCUT2D eigenvalue weighted by Crippen LogP contribution is 2.28. The number of rotatable bonds is 6. The van der Waals surface area contributed by atoms with Gasteiger partial charge < -0.3 is 15.0 Å². The molecule has 116 valence electrons. The minimum atomic E-state index is -0.817. The lowest BCUT2D eigenvalue weighted by Crippen LogP contribution is -2.33. The number of benzene rings is 1. The van der Waals surface area contributed by atoms with Crippen LogP contribution in [0.1, 0.15) is 5.69 Å². The van der Waals surface area contributed by atoms with Gasteiger partial charge in [0.1, 0.15) is 11.7 Å².